The van der Waals surface area contributed by atoms with Crippen molar-refractivity contribution in [3.8, 4) is 0 Å². The Labute approximate surface area is 142 Å². The number of nitrogens with zero attached hydrogens (tertiary/aromatic N) is 1. The second-order valence-electron chi connectivity index (χ2n) is 7.45. The third-order valence-electron chi connectivity index (χ3n) is 5.88. The minimum Gasteiger partial charge on any atom is -0.475 e. The van der Waals surface area contributed by atoms with Crippen LogP contribution >= 0.6 is 0 Å². The zero-order valence-corrected chi connectivity index (χ0v) is 14.0. The summed E-state index contributed by atoms with van der Waals surface area (Å²) >= 11 is 0. The highest BCUT2D eigenvalue weighted by Gasteiger charge is 2.28. The van der Waals surface area contributed by atoms with Gasteiger partial charge in [-0.05, 0) is 68.0 Å². The van der Waals surface area contributed by atoms with Gasteiger partial charge in [0.05, 0.1) is 0 Å². The van der Waals surface area contributed by atoms with E-state index in [1.54, 1.807) is 6.07 Å². The second kappa shape index (κ2) is 6.60. The lowest BCUT2D eigenvalue weighted by Gasteiger charge is -2.33. The Morgan fingerprint density at radius 1 is 1.08 bits per heavy atom. The van der Waals surface area contributed by atoms with E-state index in [-0.39, 0.29) is 5.76 Å². The van der Waals surface area contributed by atoms with Crippen molar-refractivity contribution in [2.24, 2.45) is 11.8 Å². The normalized spacial score (nSPS) is 23.1. The van der Waals surface area contributed by atoms with Crippen molar-refractivity contribution in [2.45, 2.75) is 45.1 Å². The van der Waals surface area contributed by atoms with E-state index < -0.39 is 5.97 Å². The molecule has 2 aliphatic rings. The van der Waals surface area contributed by atoms with E-state index >= 15 is 0 Å². The number of carboxylic acids is 1. The number of furan rings is 1. The van der Waals surface area contributed by atoms with Crippen molar-refractivity contribution in [1.29, 1.82) is 0 Å². The van der Waals surface area contributed by atoms with E-state index in [1.165, 1.54) is 57.2 Å². The number of likely N-dealkylation sites (tertiary alicyclic amines) is 1. The molecule has 24 heavy (non-hydrogen) atoms. The van der Waals surface area contributed by atoms with E-state index in [2.05, 4.69) is 17.0 Å². The van der Waals surface area contributed by atoms with Crippen LogP contribution in [0.4, 0.5) is 0 Å². The van der Waals surface area contributed by atoms with Crippen LogP contribution in [0.5, 0.6) is 0 Å². The van der Waals surface area contributed by atoms with Crippen LogP contribution in [0.3, 0.4) is 0 Å². The fraction of sp³-hybridized carbons (Fsp3) is 0.550. The van der Waals surface area contributed by atoms with Crippen LogP contribution in [0.1, 0.15) is 54.6 Å². The number of fused-ring (bicyclic) bond motifs is 1. The Hall–Kier alpha value is -1.81. The molecule has 1 saturated carbocycles. The molecule has 1 aromatic heterocycles. The third kappa shape index (κ3) is 3.20. The first-order valence-electron chi connectivity index (χ1n) is 9.17. The molecule has 2 fully saturated rings. The van der Waals surface area contributed by atoms with Gasteiger partial charge >= 0.3 is 5.97 Å². The van der Waals surface area contributed by atoms with Crippen LogP contribution in [-0.2, 0) is 6.54 Å². The SMILES string of the molecule is O=C(O)c1cc2cc(CN3CCCC(C4CCC4)CC3)ccc2o1. The molecule has 1 aromatic carbocycles. The summed E-state index contributed by atoms with van der Waals surface area (Å²) < 4.78 is 5.34. The zero-order valence-electron chi connectivity index (χ0n) is 14.0. The first-order chi connectivity index (χ1) is 11.7. The van der Waals surface area contributed by atoms with Gasteiger partial charge in [-0.2, -0.15) is 0 Å². The fourth-order valence-electron chi connectivity index (χ4n) is 4.28. The molecular weight excluding hydrogens is 302 g/mol. The van der Waals surface area contributed by atoms with Gasteiger partial charge in [0.1, 0.15) is 5.58 Å². The highest BCUT2D eigenvalue weighted by atomic mass is 16.4. The van der Waals surface area contributed by atoms with Crippen LogP contribution < -0.4 is 0 Å². The molecule has 2 heterocycles. The summed E-state index contributed by atoms with van der Waals surface area (Å²) in [6.07, 6.45) is 8.37. The van der Waals surface area contributed by atoms with Gasteiger partial charge in [-0.3, -0.25) is 4.90 Å². The molecule has 4 rings (SSSR count). The summed E-state index contributed by atoms with van der Waals surface area (Å²) in [5.41, 5.74) is 1.89. The fourth-order valence-corrected chi connectivity index (χ4v) is 4.28. The van der Waals surface area contributed by atoms with Crippen molar-refractivity contribution >= 4 is 16.9 Å². The number of carbonyl (C=O) groups is 1. The van der Waals surface area contributed by atoms with Crippen LogP contribution in [-0.4, -0.2) is 29.1 Å². The molecule has 4 heteroatoms. The van der Waals surface area contributed by atoms with Gasteiger partial charge in [0.15, 0.2) is 0 Å². The summed E-state index contributed by atoms with van der Waals surface area (Å²) in [5, 5.41) is 9.92. The number of aromatic carboxylic acids is 1. The van der Waals surface area contributed by atoms with E-state index in [4.69, 9.17) is 9.52 Å². The third-order valence-corrected chi connectivity index (χ3v) is 5.88. The smallest absolute Gasteiger partial charge is 0.371 e. The zero-order chi connectivity index (χ0) is 16.5. The van der Waals surface area contributed by atoms with Crippen molar-refractivity contribution in [1.82, 2.24) is 4.90 Å². The lowest BCUT2D eigenvalue weighted by Crippen LogP contribution is -2.26. The molecule has 128 valence electrons. The number of hydrogen-bond acceptors (Lipinski definition) is 3. The average Bonchev–Trinajstić information content (AvgIpc) is 2.81. The predicted molar refractivity (Wildman–Crippen MR) is 93.1 cm³/mol. The van der Waals surface area contributed by atoms with Crippen molar-refractivity contribution in [2.75, 3.05) is 13.1 Å². The van der Waals surface area contributed by atoms with Gasteiger partial charge in [-0.1, -0.05) is 25.3 Å². The van der Waals surface area contributed by atoms with E-state index in [0.29, 0.717) is 5.58 Å². The molecule has 4 nitrogen and oxygen atoms in total. The summed E-state index contributed by atoms with van der Waals surface area (Å²) in [7, 11) is 0. The molecule has 1 aliphatic carbocycles. The van der Waals surface area contributed by atoms with Crippen molar-refractivity contribution in [3.05, 3.63) is 35.6 Å². The topological polar surface area (TPSA) is 53.7 Å². The minimum absolute atomic E-state index is 0.0141. The van der Waals surface area contributed by atoms with Crippen LogP contribution in [0.2, 0.25) is 0 Å². The maximum Gasteiger partial charge on any atom is 0.371 e. The van der Waals surface area contributed by atoms with Crippen LogP contribution in [0.25, 0.3) is 11.0 Å². The predicted octanol–water partition coefficient (Wildman–Crippen LogP) is 4.53. The lowest BCUT2D eigenvalue weighted by molar-refractivity contribution is 0.0665. The Morgan fingerprint density at radius 3 is 2.62 bits per heavy atom. The first-order valence-corrected chi connectivity index (χ1v) is 9.17. The van der Waals surface area contributed by atoms with Crippen LogP contribution in [0, 0.1) is 11.8 Å². The molecule has 1 aliphatic heterocycles. The molecule has 1 saturated heterocycles. The Morgan fingerprint density at radius 2 is 1.88 bits per heavy atom. The lowest BCUT2D eigenvalue weighted by atomic mass is 9.73. The number of benzene rings is 1. The van der Waals surface area contributed by atoms with E-state index in [0.717, 1.165) is 23.8 Å². The number of hydrogen-bond donors (Lipinski definition) is 1. The summed E-state index contributed by atoms with van der Waals surface area (Å²) in [6, 6.07) is 7.65. The summed E-state index contributed by atoms with van der Waals surface area (Å²) in [5.74, 6) is 0.947. The number of rotatable bonds is 4. The van der Waals surface area contributed by atoms with Gasteiger partial charge in [0.25, 0.3) is 0 Å². The first kappa shape index (κ1) is 15.7. The number of carboxylic acid groups (broad SMARTS) is 1. The highest BCUT2D eigenvalue weighted by molar-refractivity contribution is 5.91. The standard InChI is InChI=1S/C20H25NO3/c22-20(23)19-12-17-11-14(6-7-18(17)24-19)13-21-9-2-5-16(8-10-21)15-3-1-4-15/h6-7,11-12,15-16H,1-5,8-10,13H2,(H,22,23). The minimum atomic E-state index is -1.01. The quantitative estimate of drug-likeness (QED) is 0.896. The monoisotopic (exact) mass is 327 g/mol. The molecule has 1 atom stereocenters. The Kier molecular flexibility index (Phi) is 4.31. The van der Waals surface area contributed by atoms with E-state index in [9.17, 15) is 4.79 Å². The summed E-state index contributed by atoms with van der Waals surface area (Å²) in [4.78, 5) is 13.6. The maximum absolute atomic E-state index is 11.0. The Balaban J connectivity index is 1.42. The van der Waals surface area contributed by atoms with Gasteiger partial charge in [-0.15, -0.1) is 0 Å². The van der Waals surface area contributed by atoms with Gasteiger partial charge in [-0.25, -0.2) is 4.79 Å². The van der Waals surface area contributed by atoms with Crippen molar-refractivity contribution < 1.29 is 14.3 Å². The second-order valence-corrected chi connectivity index (χ2v) is 7.45. The Bertz CT molecular complexity index is 732. The molecule has 0 radical (unpaired) electrons. The molecule has 0 amide bonds. The largest absolute Gasteiger partial charge is 0.475 e. The molecule has 0 bridgehead atoms. The average molecular weight is 327 g/mol. The molecule has 0 spiro atoms. The van der Waals surface area contributed by atoms with Crippen molar-refractivity contribution in [3.63, 3.8) is 0 Å². The van der Waals surface area contributed by atoms with E-state index in [1.807, 2.05) is 6.07 Å². The molecule has 1 unspecified atom stereocenters. The maximum atomic E-state index is 11.0. The highest BCUT2D eigenvalue weighted by Crippen LogP contribution is 2.38. The summed E-state index contributed by atoms with van der Waals surface area (Å²) in [6.45, 7) is 3.30. The van der Waals surface area contributed by atoms with Gasteiger partial charge in [0, 0.05) is 11.9 Å². The molecule has 2 aromatic rings. The van der Waals surface area contributed by atoms with Crippen LogP contribution in [0.15, 0.2) is 28.7 Å². The van der Waals surface area contributed by atoms with Gasteiger partial charge in [0.2, 0.25) is 5.76 Å². The molecule has 1 N–H and O–H groups in total. The molecular formula is C20H25NO3. The van der Waals surface area contributed by atoms with Gasteiger partial charge < -0.3 is 9.52 Å².